The van der Waals surface area contributed by atoms with Crippen molar-refractivity contribution in [1.29, 1.82) is 0 Å². The number of piperidine rings is 1. The molecule has 3 aromatic rings. The van der Waals surface area contributed by atoms with Crippen LogP contribution in [0.25, 0.3) is 11.0 Å². The lowest BCUT2D eigenvalue weighted by atomic mass is 9.89. The Morgan fingerprint density at radius 3 is 2.71 bits per heavy atom. The summed E-state index contributed by atoms with van der Waals surface area (Å²) in [7, 11) is 0. The maximum absolute atomic E-state index is 14.1. The predicted molar refractivity (Wildman–Crippen MR) is 120 cm³/mol. The van der Waals surface area contributed by atoms with E-state index in [1.165, 1.54) is 18.2 Å². The summed E-state index contributed by atoms with van der Waals surface area (Å²) < 4.78 is 14.1. The molecule has 2 N–H and O–H groups in total. The SMILES string of the molecule is OC(CC1CCN(c2nc3cnccc3nc2NC2CC2)CC1)c1cc(Cl)ccc1F. The standard InChI is InChI=1S/C23H25ClFN5O/c24-15-1-4-18(25)17(12-15)21(31)11-14-6-9-30(10-7-14)23-22(27-16-2-3-16)28-19-5-8-26-13-20(19)29-23/h1,4-5,8,12-14,16,21,31H,2-3,6-7,9-11H2,(H,27,28). The van der Waals surface area contributed by atoms with Gasteiger partial charge >= 0.3 is 0 Å². The Morgan fingerprint density at radius 2 is 1.94 bits per heavy atom. The van der Waals surface area contributed by atoms with Crippen LogP contribution in [-0.4, -0.2) is 39.2 Å². The molecule has 2 fully saturated rings. The quantitative estimate of drug-likeness (QED) is 0.576. The average molecular weight is 442 g/mol. The zero-order chi connectivity index (χ0) is 21.4. The van der Waals surface area contributed by atoms with Crippen LogP contribution in [0.3, 0.4) is 0 Å². The molecule has 5 rings (SSSR count). The van der Waals surface area contributed by atoms with Gasteiger partial charge in [0.25, 0.3) is 0 Å². The van der Waals surface area contributed by atoms with E-state index >= 15 is 0 Å². The molecule has 162 valence electrons. The van der Waals surface area contributed by atoms with Gasteiger partial charge in [-0.1, -0.05) is 11.6 Å². The Morgan fingerprint density at radius 1 is 1.13 bits per heavy atom. The summed E-state index contributed by atoms with van der Waals surface area (Å²) in [4.78, 5) is 16.1. The van der Waals surface area contributed by atoms with Crippen LogP contribution in [0.2, 0.25) is 5.02 Å². The van der Waals surface area contributed by atoms with Gasteiger partial charge in [0.05, 0.1) is 17.8 Å². The summed E-state index contributed by atoms with van der Waals surface area (Å²) in [6.45, 7) is 1.63. The van der Waals surface area contributed by atoms with Crippen LogP contribution < -0.4 is 10.2 Å². The van der Waals surface area contributed by atoms with Crippen molar-refractivity contribution in [1.82, 2.24) is 15.0 Å². The fraction of sp³-hybridized carbons (Fsp3) is 0.435. The van der Waals surface area contributed by atoms with E-state index in [-0.39, 0.29) is 5.56 Å². The number of pyridine rings is 1. The third-order valence-electron chi connectivity index (χ3n) is 6.15. The number of nitrogens with one attached hydrogen (secondary N) is 1. The molecule has 1 saturated carbocycles. The second-order valence-electron chi connectivity index (χ2n) is 8.53. The van der Waals surface area contributed by atoms with E-state index in [4.69, 9.17) is 21.6 Å². The molecule has 1 aliphatic heterocycles. The van der Waals surface area contributed by atoms with Gasteiger partial charge in [-0.05, 0) is 62.3 Å². The molecule has 6 nitrogen and oxygen atoms in total. The Labute approximate surface area is 185 Å². The first-order valence-corrected chi connectivity index (χ1v) is 11.2. The lowest BCUT2D eigenvalue weighted by molar-refractivity contribution is 0.132. The first-order chi connectivity index (χ1) is 15.1. The highest BCUT2D eigenvalue weighted by Gasteiger charge is 2.28. The van der Waals surface area contributed by atoms with Gasteiger partial charge < -0.3 is 15.3 Å². The van der Waals surface area contributed by atoms with Gasteiger partial charge in [0.1, 0.15) is 11.3 Å². The molecule has 31 heavy (non-hydrogen) atoms. The Kier molecular flexibility index (Phi) is 5.63. The van der Waals surface area contributed by atoms with Crippen LogP contribution in [0.15, 0.2) is 36.7 Å². The largest absolute Gasteiger partial charge is 0.388 e. The average Bonchev–Trinajstić information content (AvgIpc) is 3.59. The molecule has 1 saturated heterocycles. The van der Waals surface area contributed by atoms with Crippen molar-refractivity contribution in [3.8, 4) is 0 Å². The van der Waals surface area contributed by atoms with Gasteiger partial charge in [-0.3, -0.25) is 4.98 Å². The number of aliphatic hydroxyl groups is 1. The number of hydrogen-bond donors (Lipinski definition) is 2. The lowest BCUT2D eigenvalue weighted by Gasteiger charge is -2.34. The van der Waals surface area contributed by atoms with Crippen LogP contribution in [0.1, 0.15) is 43.8 Å². The number of rotatable bonds is 6. The van der Waals surface area contributed by atoms with E-state index in [2.05, 4.69) is 15.2 Å². The molecular weight excluding hydrogens is 417 g/mol. The molecule has 1 unspecified atom stereocenters. The number of anilines is 2. The van der Waals surface area contributed by atoms with Crippen LogP contribution in [0.5, 0.6) is 0 Å². The van der Waals surface area contributed by atoms with E-state index in [0.29, 0.717) is 23.4 Å². The zero-order valence-corrected chi connectivity index (χ0v) is 17.9. The summed E-state index contributed by atoms with van der Waals surface area (Å²) in [5, 5.41) is 14.5. The molecule has 1 aromatic carbocycles. The first kappa shape index (κ1) is 20.4. The van der Waals surface area contributed by atoms with Gasteiger partial charge in [-0.2, -0.15) is 0 Å². The maximum atomic E-state index is 14.1. The normalized spacial score (nSPS) is 18.4. The van der Waals surface area contributed by atoms with Gasteiger partial charge in [0, 0.05) is 35.9 Å². The Hall–Kier alpha value is -2.51. The molecule has 0 amide bonds. The van der Waals surface area contributed by atoms with Crippen molar-refractivity contribution >= 4 is 34.3 Å². The molecule has 2 aromatic heterocycles. The van der Waals surface area contributed by atoms with Crippen molar-refractivity contribution < 1.29 is 9.50 Å². The van der Waals surface area contributed by atoms with Crippen molar-refractivity contribution in [2.24, 2.45) is 5.92 Å². The minimum absolute atomic E-state index is 0.277. The maximum Gasteiger partial charge on any atom is 0.172 e. The van der Waals surface area contributed by atoms with E-state index in [1.807, 2.05) is 6.07 Å². The Balaban J connectivity index is 1.29. The number of aromatic nitrogens is 3. The van der Waals surface area contributed by atoms with Crippen molar-refractivity contribution in [2.75, 3.05) is 23.3 Å². The first-order valence-electron chi connectivity index (χ1n) is 10.8. The molecule has 0 spiro atoms. The summed E-state index contributed by atoms with van der Waals surface area (Å²) in [5.41, 5.74) is 1.90. The highest BCUT2D eigenvalue weighted by molar-refractivity contribution is 6.30. The van der Waals surface area contributed by atoms with Crippen LogP contribution in [0, 0.1) is 11.7 Å². The zero-order valence-electron chi connectivity index (χ0n) is 17.1. The summed E-state index contributed by atoms with van der Waals surface area (Å²) in [6, 6.07) is 6.69. The third-order valence-corrected chi connectivity index (χ3v) is 6.39. The number of halogens is 2. The summed E-state index contributed by atoms with van der Waals surface area (Å²) in [6.07, 6.45) is 7.27. The second-order valence-corrected chi connectivity index (χ2v) is 8.96. The minimum atomic E-state index is -0.853. The predicted octanol–water partition coefficient (Wildman–Crippen LogP) is 4.73. The summed E-state index contributed by atoms with van der Waals surface area (Å²) >= 11 is 5.98. The number of nitrogens with zero attached hydrogens (tertiary/aromatic N) is 4. The monoisotopic (exact) mass is 441 g/mol. The molecule has 0 radical (unpaired) electrons. The van der Waals surface area contributed by atoms with Gasteiger partial charge in [-0.25, -0.2) is 14.4 Å². The number of benzene rings is 1. The fourth-order valence-electron chi connectivity index (χ4n) is 4.23. The highest BCUT2D eigenvalue weighted by atomic mass is 35.5. The number of hydrogen-bond acceptors (Lipinski definition) is 6. The lowest BCUT2D eigenvalue weighted by Crippen LogP contribution is -2.35. The molecule has 0 bridgehead atoms. The molecule has 2 aliphatic rings. The minimum Gasteiger partial charge on any atom is -0.388 e. The summed E-state index contributed by atoms with van der Waals surface area (Å²) in [5.74, 6) is 1.60. The number of aliphatic hydroxyl groups excluding tert-OH is 1. The molecular formula is C23H25ClFN5O. The number of fused-ring (bicyclic) bond motifs is 1. The van der Waals surface area contributed by atoms with Crippen LogP contribution in [0.4, 0.5) is 16.0 Å². The van der Waals surface area contributed by atoms with E-state index in [0.717, 1.165) is 61.4 Å². The molecule has 1 aliphatic carbocycles. The van der Waals surface area contributed by atoms with Crippen LogP contribution >= 0.6 is 11.6 Å². The smallest absolute Gasteiger partial charge is 0.172 e. The van der Waals surface area contributed by atoms with Gasteiger partial charge in [0.15, 0.2) is 11.6 Å². The van der Waals surface area contributed by atoms with E-state index < -0.39 is 11.9 Å². The van der Waals surface area contributed by atoms with Crippen molar-refractivity contribution in [3.05, 3.63) is 53.1 Å². The highest BCUT2D eigenvalue weighted by Crippen LogP contribution is 2.35. The second kappa shape index (κ2) is 8.55. The molecule has 1 atom stereocenters. The van der Waals surface area contributed by atoms with Crippen LogP contribution in [-0.2, 0) is 0 Å². The third kappa shape index (κ3) is 4.57. The Bertz CT molecular complexity index is 1080. The van der Waals surface area contributed by atoms with Gasteiger partial charge in [0.2, 0.25) is 0 Å². The molecule has 3 heterocycles. The van der Waals surface area contributed by atoms with Crippen molar-refractivity contribution in [3.63, 3.8) is 0 Å². The fourth-order valence-corrected chi connectivity index (χ4v) is 4.41. The van der Waals surface area contributed by atoms with E-state index in [9.17, 15) is 9.50 Å². The molecule has 8 heteroatoms. The topological polar surface area (TPSA) is 74.2 Å². The van der Waals surface area contributed by atoms with Gasteiger partial charge in [-0.15, -0.1) is 0 Å². The van der Waals surface area contributed by atoms with E-state index in [1.54, 1.807) is 12.4 Å². The van der Waals surface area contributed by atoms with Crippen molar-refractivity contribution in [2.45, 2.75) is 44.2 Å².